The molecule has 0 heterocycles. The number of esters is 1. The van der Waals surface area contributed by atoms with Gasteiger partial charge in [0.15, 0.2) is 0 Å². The van der Waals surface area contributed by atoms with Crippen LogP contribution in [-0.2, 0) is 14.9 Å². The van der Waals surface area contributed by atoms with Crippen molar-refractivity contribution in [1.82, 2.24) is 4.90 Å². The molecule has 0 amide bonds. The monoisotopic (exact) mass is 305 g/mol. The van der Waals surface area contributed by atoms with Crippen molar-refractivity contribution in [3.05, 3.63) is 29.8 Å². The smallest absolute Gasteiger partial charge is 0.316 e. The fourth-order valence-corrected chi connectivity index (χ4v) is 3.34. The number of rotatable bonds is 7. The van der Waals surface area contributed by atoms with E-state index in [0.29, 0.717) is 6.61 Å². The van der Waals surface area contributed by atoms with Crippen molar-refractivity contribution in [2.45, 2.75) is 44.9 Å². The summed E-state index contributed by atoms with van der Waals surface area (Å²) in [6, 6.07) is 7.07. The van der Waals surface area contributed by atoms with E-state index in [9.17, 15) is 9.90 Å². The largest absolute Gasteiger partial charge is 0.508 e. The Bertz CT molecular complexity index is 491. The quantitative estimate of drug-likeness (QED) is 0.787. The number of benzene rings is 1. The van der Waals surface area contributed by atoms with Crippen LogP contribution in [0.15, 0.2) is 24.3 Å². The molecule has 122 valence electrons. The number of nitrogens with zero attached hydrogens (tertiary/aromatic N) is 1. The molecule has 2 rings (SSSR count). The predicted molar refractivity (Wildman–Crippen MR) is 87.0 cm³/mol. The minimum Gasteiger partial charge on any atom is -0.508 e. The molecule has 0 aromatic heterocycles. The van der Waals surface area contributed by atoms with Crippen LogP contribution < -0.4 is 0 Å². The molecule has 1 saturated carbocycles. The standard InChI is InChI=1S/C18H27NO3/c1-3-19(4-2)12-13-22-17(21)18(10-5-6-11-18)15-8-7-9-16(20)14-15/h7-9,14,20H,3-6,10-13H2,1-2H3. The number of ether oxygens (including phenoxy) is 1. The van der Waals surface area contributed by atoms with E-state index in [4.69, 9.17) is 4.74 Å². The zero-order valence-corrected chi connectivity index (χ0v) is 13.7. The highest BCUT2D eigenvalue weighted by Crippen LogP contribution is 2.42. The maximum Gasteiger partial charge on any atom is 0.316 e. The van der Waals surface area contributed by atoms with Crippen LogP contribution in [0.4, 0.5) is 0 Å². The van der Waals surface area contributed by atoms with Crippen LogP contribution in [0.3, 0.4) is 0 Å². The van der Waals surface area contributed by atoms with Gasteiger partial charge < -0.3 is 14.7 Å². The molecule has 1 aromatic carbocycles. The summed E-state index contributed by atoms with van der Waals surface area (Å²) in [5, 5.41) is 9.72. The van der Waals surface area contributed by atoms with E-state index in [1.54, 1.807) is 18.2 Å². The average Bonchev–Trinajstić information content (AvgIpc) is 3.02. The number of aromatic hydroxyl groups is 1. The van der Waals surface area contributed by atoms with Gasteiger partial charge in [-0.1, -0.05) is 38.8 Å². The van der Waals surface area contributed by atoms with Crippen molar-refractivity contribution in [2.75, 3.05) is 26.2 Å². The van der Waals surface area contributed by atoms with E-state index >= 15 is 0 Å². The molecule has 1 N–H and O–H groups in total. The van der Waals surface area contributed by atoms with Gasteiger partial charge in [-0.15, -0.1) is 0 Å². The molecule has 0 spiro atoms. The summed E-state index contributed by atoms with van der Waals surface area (Å²) in [5.74, 6) is 0.0717. The number of carbonyl (C=O) groups excluding carboxylic acids is 1. The van der Waals surface area contributed by atoms with Crippen molar-refractivity contribution in [1.29, 1.82) is 0 Å². The SMILES string of the molecule is CCN(CC)CCOC(=O)C1(c2cccc(O)c2)CCCC1. The molecule has 0 saturated heterocycles. The van der Waals surface area contributed by atoms with Crippen molar-refractivity contribution in [2.24, 2.45) is 0 Å². The number of carbonyl (C=O) groups is 1. The first kappa shape index (κ1) is 16.8. The van der Waals surface area contributed by atoms with Crippen LogP contribution >= 0.6 is 0 Å². The first-order chi connectivity index (χ1) is 10.6. The molecule has 0 aliphatic heterocycles. The number of likely N-dealkylation sites (N-methyl/N-ethyl adjacent to an activating group) is 1. The molecule has 1 aliphatic carbocycles. The molecule has 1 aromatic rings. The summed E-state index contributed by atoms with van der Waals surface area (Å²) >= 11 is 0. The third kappa shape index (κ3) is 3.61. The number of phenolic OH excluding ortho intramolecular Hbond substituents is 1. The first-order valence-corrected chi connectivity index (χ1v) is 8.31. The van der Waals surface area contributed by atoms with Crippen LogP contribution in [0.25, 0.3) is 0 Å². The third-order valence-corrected chi connectivity index (χ3v) is 4.78. The lowest BCUT2D eigenvalue weighted by Gasteiger charge is -2.28. The normalized spacial score (nSPS) is 16.9. The van der Waals surface area contributed by atoms with Gasteiger partial charge in [-0.2, -0.15) is 0 Å². The minimum absolute atomic E-state index is 0.136. The maximum absolute atomic E-state index is 12.7. The molecule has 0 radical (unpaired) electrons. The van der Waals surface area contributed by atoms with Crippen molar-refractivity contribution >= 4 is 5.97 Å². The highest BCUT2D eigenvalue weighted by molar-refractivity contribution is 5.83. The van der Waals surface area contributed by atoms with Crippen LogP contribution in [0.1, 0.15) is 45.1 Å². The molecule has 1 aliphatic rings. The van der Waals surface area contributed by atoms with Crippen molar-refractivity contribution in [3.63, 3.8) is 0 Å². The summed E-state index contributed by atoms with van der Waals surface area (Å²) in [7, 11) is 0. The second-order valence-electron chi connectivity index (χ2n) is 6.00. The summed E-state index contributed by atoms with van der Waals surface area (Å²) < 4.78 is 5.60. The van der Waals surface area contributed by atoms with E-state index in [1.165, 1.54) is 0 Å². The highest BCUT2D eigenvalue weighted by atomic mass is 16.5. The van der Waals surface area contributed by atoms with Crippen LogP contribution in [0, 0.1) is 0 Å². The van der Waals surface area contributed by atoms with Gasteiger partial charge in [0.25, 0.3) is 0 Å². The lowest BCUT2D eigenvalue weighted by atomic mass is 9.79. The van der Waals surface area contributed by atoms with Crippen LogP contribution in [0.2, 0.25) is 0 Å². The minimum atomic E-state index is -0.567. The summed E-state index contributed by atoms with van der Waals surface area (Å²) in [6.45, 7) is 7.35. The Morgan fingerprint density at radius 3 is 2.55 bits per heavy atom. The second-order valence-corrected chi connectivity index (χ2v) is 6.00. The van der Waals surface area contributed by atoms with E-state index in [2.05, 4.69) is 18.7 Å². The highest BCUT2D eigenvalue weighted by Gasteiger charge is 2.44. The third-order valence-electron chi connectivity index (χ3n) is 4.78. The van der Waals surface area contributed by atoms with Gasteiger partial charge in [0.2, 0.25) is 0 Å². The van der Waals surface area contributed by atoms with Gasteiger partial charge in [0.1, 0.15) is 12.4 Å². The average molecular weight is 305 g/mol. The Morgan fingerprint density at radius 1 is 1.27 bits per heavy atom. The summed E-state index contributed by atoms with van der Waals surface area (Å²) in [5.41, 5.74) is 0.319. The van der Waals surface area contributed by atoms with E-state index in [1.807, 2.05) is 6.07 Å². The van der Waals surface area contributed by atoms with Crippen molar-refractivity contribution in [3.8, 4) is 5.75 Å². The second kappa shape index (κ2) is 7.63. The van der Waals surface area contributed by atoms with Crippen LogP contribution in [0.5, 0.6) is 5.75 Å². The molecule has 0 atom stereocenters. The Hall–Kier alpha value is -1.55. The molecule has 0 bridgehead atoms. The molecule has 4 heteroatoms. The zero-order valence-electron chi connectivity index (χ0n) is 13.7. The Labute approximate surface area is 133 Å². The molecular weight excluding hydrogens is 278 g/mol. The van der Waals surface area contributed by atoms with Gasteiger partial charge in [-0.25, -0.2) is 0 Å². The lowest BCUT2D eigenvalue weighted by Crippen LogP contribution is -2.36. The number of hydrogen-bond donors (Lipinski definition) is 1. The molecule has 1 fully saturated rings. The molecule has 22 heavy (non-hydrogen) atoms. The van der Waals surface area contributed by atoms with Gasteiger partial charge >= 0.3 is 5.97 Å². The van der Waals surface area contributed by atoms with E-state index in [0.717, 1.165) is 50.9 Å². The Morgan fingerprint density at radius 2 is 1.95 bits per heavy atom. The lowest BCUT2D eigenvalue weighted by molar-refractivity contribution is -0.151. The fourth-order valence-electron chi connectivity index (χ4n) is 3.34. The first-order valence-electron chi connectivity index (χ1n) is 8.31. The maximum atomic E-state index is 12.7. The molecule has 0 unspecified atom stereocenters. The van der Waals surface area contributed by atoms with Gasteiger partial charge in [0, 0.05) is 6.54 Å². The van der Waals surface area contributed by atoms with Crippen molar-refractivity contribution < 1.29 is 14.6 Å². The number of phenols is 1. The van der Waals surface area contributed by atoms with E-state index in [-0.39, 0.29) is 11.7 Å². The zero-order chi connectivity index (χ0) is 16.0. The topological polar surface area (TPSA) is 49.8 Å². The summed E-state index contributed by atoms with van der Waals surface area (Å²) in [6.07, 6.45) is 3.67. The van der Waals surface area contributed by atoms with Gasteiger partial charge in [0.05, 0.1) is 5.41 Å². The molecule has 4 nitrogen and oxygen atoms in total. The molecular formula is C18H27NO3. The predicted octanol–water partition coefficient (Wildman–Crippen LogP) is 3.09. The van der Waals surface area contributed by atoms with Crippen LogP contribution in [-0.4, -0.2) is 42.2 Å². The fraction of sp³-hybridized carbons (Fsp3) is 0.611. The number of hydrogen-bond acceptors (Lipinski definition) is 4. The van der Waals surface area contributed by atoms with E-state index < -0.39 is 5.41 Å². The van der Waals surface area contributed by atoms with Gasteiger partial charge in [-0.3, -0.25) is 4.79 Å². The van der Waals surface area contributed by atoms with Gasteiger partial charge in [-0.05, 0) is 43.6 Å². The Kier molecular flexibility index (Phi) is 5.83. The summed E-state index contributed by atoms with van der Waals surface area (Å²) in [4.78, 5) is 15.0. The Balaban J connectivity index is 2.06.